The molecule has 1 aliphatic carbocycles. The van der Waals surface area contributed by atoms with Gasteiger partial charge in [0.15, 0.2) is 11.0 Å². The molecule has 1 aromatic heterocycles. The second kappa shape index (κ2) is 7.81. The summed E-state index contributed by atoms with van der Waals surface area (Å²) in [5.41, 5.74) is 0.880. The van der Waals surface area contributed by atoms with Gasteiger partial charge in [-0.15, -0.1) is 10.2 Å². The molecule has 124 valence electrons. The Morgan fingerprint density at radius 1 is 1.17 bits per heavy atom. The van der Waals surface area contributed by atoms with E-state index in [1.807, 2.05) is 23.4 Å². The molecule has 0 unspecified atom stereocenters. The van der Waals surface area contributed by atoms with Crippen LogP contribution in [0.25, 0.3) is 0 Å². The Hall–Kier alpha value is -1.56. The maximum absolute atomic E-state index is 12.9. The largest absolute Gasteiger partial charge is 0.378 e. The number of aromatic nitrogens is 3. The summed E-state index contributed by atoms with van der Waals surface area (Å²) in [6.07, 6.45) is 6.84. The Labute approximate surface area is 140 Å². The van der Waals surface area contributed by atoms with E-state index in [4.69, 9.17) is 0 Å². The highest BCUT2D eigenvalue weighted by atomic mass is 32.2. The number of nitrogens with one attached hydrogen (secondary N) is 1. The van der Waals surface area contributed by atoms with Gasteiger partial charge in [-0.1, -0.05) is 31.0 Å². The predicted octanol–water partition coefficient (Wildman–Crippen LogP) is 4.24. The molecule has 0 bridgehead atoms. The van der Waals surface area contributed by atoms with Crippen LogP contribution in [0, 0.1) is 11.7 Å². The van der Waals surface area contributed by atoms with Crippen LogP contribution in [0.2, 0.25) is 0 Å². The Morgan fingerprint density at radius 2 is 1.91 bits per heavy atom. The highest BCUT2D eigenvalue weighted by Crippen LogP contribution is 2.29. The summed E-state index contributed by atoms with van der Waals surface area (Å²) in [6, 6.07) is 6.35. The van der Waals surface area contributed by atoms with E-state index in [1.165, 1.54) is 44.2 Å². The minimum atomic E-state index is -0.226. The molecular formula is C17H23FN4S. The lowest BCUT2D eigenvalue weighted by Gasteiger charge is -2.20. The second-order valence-electron chi connectivity index (χ2n) is 6.13. The van der Waals surface area contributed by atoms with Gasteiger partial charge in [-0.05, 0) is 43.0 Å². The third-order valence-electron chi connectivity index (χ3n) is 4.39. The predicted molar refractivity (Wildman–Crippen MR) is 92.0 cm³/mol. The van der Waals surface area contributed by atoms with E-state index in [1.54, 1.807) is 12.1 Å². The smallest absolute Gasteiger partial charge is 0.191 e. The molecular weight excluding hydrogens is 311 g/mol. The topological polar surface area (TPSA) is 42.7 Å². The molecule has 0 radical (unpaired) electrons. The summed E-state index contributed by atoms with van der Waals surface area (Å²) in [7, 11) is 2.00. The van der Waals surface area contributed by atoms with Crippen LogP contribution < -0.4 is 5.32 Å². The molecule has 6 heteroatoms. The number of anilines is 1. The number of hydrogen-bond acceptors (Lipinski definition) is 4. The van der Waals surface area contributed by atoms with E-state index in [2.05, 4.69) is 15.5 Å². The molecule has 3 rings (SSSR count). The van der Waals surface area contributed by atoms with Gasteiger partial charge < -0.3 is 9.88 Å². The maximum Gasteiger partial charge on any atom is 0.191 e. The Kier molecular flexibility index (Phi) is 5.54. The first kappa shape index (κ1) is 16.3. The van der Waals surface area contributed by atoms with Crippen molar-refractivity contribution in [1.29, 1.82) is 0 Å². The van der Waals surface area contributed by atoms with Gasteiger partial charge in [0, 0.05) is 18.5 Å². The van der Waals surface area contributed by atoms with Gasteiger partial charge in [0.1, 0.15) is 5.82 Å². The molecule has 0 atom stereocenters. The Morgan fingerprint density at radius 3 is 2.65 bits per heavy atom. The first-order chi connectivity index (χ1) is 11.2. The van der Waals surface area contributed by atoms with Crippen LogP contribution in [0.3, 0.4) is 0 Å². The normalized spacial score (nSPS) is 15.7. The van der Waals surface area contributed by atoms with Gasteiger partial charge in [0.2, 0.25) is 0 Å². The summed E-state index contributed by atoms with van der Waals surface area (Å²) in [5, 5.41) is 12.8. The van der Waals surface area contributed by atoms with Gasteiger partial charge in [-0.3, -0.25) is 0 Å². The van der Waals surface area contributed by atoms with Crippen LogP contribution >= 0.6 is 11.8 Å². The van der Waals surface area contributed by atoms with Crippen LogP contribution in [-0.4, -0.2) is 20.5 Å². The van der Waals surface area contributed by atoms with Crippen LogP contribution in [0.4, 0.5) is 10.1 Å². The van der Waals surface area contributed by atoms with Crippen LogP contribution in [0.15, 0.2) is 29.4 Å². The van der Waals surface area contributed by atoms with Gasteiger partial charge in [-0.2, -0.15) is 0 Å². The van der Waals surface area contributed by atoms with E-state index in [0.29, 0.717) is 6.54 Å². The summed E-state index contributed by atoms with van der Waals surface area (Å²) in [5.74, 6) is 2.62. The number of rotatable bonds is 6. The fourth-order valence-corrected chi connectivity index (χ4v) is 4.04. The van der Waals surface area contributed by atoms with Crippen molar-refractivity contribution in [3.63, 3.8) is 0 Å². The average Bonchev–Trinajstić information content (AvgIpc) is 2.93. The quantitative estimate of drug-likeness (QED) is 0.803. The second-order valence-corrected chi connectivity index (χ2v) is 7.12. The number of benzene rings is 1. The molecule has 23 heavy (non-hydrogen) atoms. The van der Waals surface area contributed by atoms with Crippen molar-refractivity contribution >= 4 is 17.4 Å². The van der Waals surface area contributed by atoms with Crippen molar-refractivity contribution in [3.05, 3.63) is 35.9 Å². The highest BCUT2D eigenvalue weighted by molar-refractivity contribution is 7.99. The van der Waals surface area contributed by atoms with E-state index >= 15 is 0 Å². The van der Waals surface area contributed by atoms with E-state index in [9.17, 15) is 4.39 Å². The highest BCUT2D eigenvalue weighted by Gasteiger charge is 2.16. The number of thioether (sulfide) groups is 1. The van der Waals surface area contributed by atoms with E-state index in [-0.39, 0.29) is 5.82 Å². The number of halogens is 1. The fraction of sp³-hybridized carbons (Fsp3) is 0.529. The van der Waals surface area contributed by atoms with Gasteiger partial charge in [0.05, 0.1) is 6.54 Å². The summed E-state index contributed by atoms with van der Waals surface area (Å²) < 4.78 is 14.9. The van der Waals surface area contributed by atoms with Gasteiger partial charge in [0.25, 0.3) is 0 Å². The van der Waals surface area contributed by atoms with Crippen molar-refractivity contribution in [1.82, 2.24) is 14.8 Å². The number of nitrogens with zero attached hydrogens (tertiary/aromatic N) is 3. The van der Waals surface area contributed by atoms with E-state index in [0.717, 1.165) is 28.3 Å². The molecule has 2 aromatic rings. The zero-order valence-corrected chi connectivity index (χ0v) is 14.3. The minimum absolute atomic E-state index is 0.226. The zero-order valence-electron chi connectivity index (χ0n) is 13.5. The lowest BCUT2D eigenvalue weighted by molar-refractivity contribution is 0.390. The molecule has 4 nitrogen and oxygen atoms in total. The minimum Gasteiger partial charge on any atom is -0.378 e. The Bertz CT molecular complexity index is 620. The third kappa shape index (κ3) is 4.47. The molecule has 0 saturated heterocycles. The molecule has 0 spiro atoms. The van der Waals surface area contributed by atoms with Crippen molar-refractivity contribution in [3.8, 4) is 0 Å². The summed E-state index contributed by atoms with van der Waals surface area (Å²) in [4.78, 5) is 0. The first-order valence-electron chi connectivity index (χ1n) is 8.23. The Balaban J connectivity index is 1.52. The van der Waals surface area contributed by atoms with Gasteiger partial charge >= 0.3 is 0 Å². The maximum atomic E-state index is 12.9. The van der Waals surface area contributed by atoms with Crippen LogP contribution in [0.5, 0.6) is 0 Å². The SMILES string of the molecule is Cn1c(CNc2ccc(F)cc2)nnc1SCC1CCCCC1. The molecule has 0 aliphatic heterocycles. The molecule has 0 amide bonds. The molecule has 1 heterocycles. The summed E-state index contributed by atoms with van der Waals surface area (Å²) in [6.45, 7) is 0.582. The van der Waals surface area contributed by atoms with Crippen molar-refractivity contribution < 1.29 is 4.39 Å². The van der Waals surface area contributed by atoms with E-state index < -0.39 is 0 Å². The first-order valence-corrected chi connectivity index (χ1v) is 9.21. The van der Waals surface area contributed by atoms with Crippen LogP contribution in [0.1, 0.15) is 37.9 Å². The lowest BCUT2D eigenvalue weighted by Crippen LogP contribution is -2.10. The number of hydrogen-bond donors (Lipinski definition) is 1. The van der Waals surface area contributed by atoms with Crippen molar-refractivity contribution in [2.24, 2.45) is 13.0 Å². The monoisotopic (exact) mass is 334 g/mol. The fourth-order valence-electron chi connectivity index (χ4n) is 2.92. The van der Waals surface area contributed by atoms with Crippen molar-refractivity contribution in [2.75, 3.05) is 11.1 Å². The lowest BCUT2D eigenvalue weighted by atomic mass is 9.91. The molecule has 1 N–H and O–H groups in total. The zero-order chi connectivity index (χ0) is 16.1. The van der Waals surface area contributed by atoms with Crippen molar-refractivity contribution in [2.45, 2.75) is 43.8 Å². The molecule has 1 aromatic carbocycles. The standard InChI is InChI=1S/C17H23FN4S/c1-22-16(11-19-15-9-7-14(18)8-10-15)20-21-17(22)23-12-13-5-3-2-4-6-13/h7-10,13,19H,2-6,11-12H2,1H3. The summed E-state index contributed by atoms with van der Waals surface area (Å²) >= 11 is 1.81. The molecule has 1 aliphatic rings. The molecule has 1 fully saturated rings. The van der Waals surface area contributed by atoms with Crippen LogP contribution in [-0.2, 0) is 13.6 Å². The average molecular weight is 334 g/mol. The third-order valence-corrected chi connectivity index (χ3v) is 5.64. The molecule has 1 saturated carbocycles. The van der Waals surface area contributed by atoms with Gasteiger partial charge in [-0.25, -0.2) is 4.39 Å².